The fourth-order valence-electron chi connectivity index (χ4n) is 6.00. The lowest BCUT2D eigenvalue weighted by Gasteiger charge is -2.20. The zero-order valence-electron chi connectivity index (χ0n) is 24.4. The summed E-state index contributed by atoms with van der Waals surface area (Å²) in [5.41, 5.74) is 17.8. The molecule has 0 amide bonds. The molecule has 44 heavy (non-hydrogen) atoms. The number of fused-ring (bicyclic) bond motifs is 3. The van der Waals surface area contributed by atoms with Gasteiger partial charge in [0.05, 0.1) is 11.0 Å². The number of para-hydroxylation sites is 3. The minimum Gasteiger partial charge on any atom is -0.366 e. The Morgan fingerprint density at radius 1 is 0.659 bits per heavy atom. The maximum atomic E-state index is 6.84. The van der Waals surface area contributed by atoms with E-state index in [1.807, 2.05) is 30.3 Å². The fourth-order valence-corrected chi connectivity index (χ4v) is 6.00. The van der Waals surface area contributed by atoms with Crippen LogP contribution in [0.1, 0.15) is 28.4 Å². The summed E-state index contributed by atoms with van der Waals surface area (Å²) in [6.07, 6.45) is 2.37. The van der Waals surface area contributed by atoms with E-state index in [1.165, 1.54) is 21.9 Å². The van der Waals surface area contributed by atoms with Crippen LogP contribution in [0.15, 0.2) is 152 Å². The van der Waals surface area contributed by atoms with Crippen LogP contribution in [-0.2, 0) is 6.42 Å². The molecule has 0 saturated heterocycles. The average Bonchev–Trinajstić information content (AvgIpc) is 3.39. The van der Waals surface area contributed by atoms with Crippen molar-refractivity contribution >= 4 is 44.9 Å². The van der Waals surface area contributed by atoms with Crippen molar-refractivity contribution in [3.05, 3.63) is 174 Å². The lowest BCUT2D eigenvalue weighted by atomic mass is 10.0. The highest BCUT2D eigenvalue weighted by Crippen LogP contribution is 2.37. The Balaban J connectivity index is 1.28. The molecule has 4 N–H and O–H groups in total. The summed E-state index contributed by atoms with van der Waals surface area (Å²) in [6.45, 7) is 4.11. The van der Waals surface area contributed by atoms with Crippen LogP contribution in [0, 0.1) is 0 Å². The molecule has 0 fully saturated rings. The molecule has 0 aliphatic carbocycles. The van der Waals surface area contributed by atoms with Crippen LogP contribution in [0.25, 0.3) is 33.6 Å². The molecule has 1 heterocycles. The second-order valence-corrected chi connectivity index (χ2v) is 11.0. The highest BCUT2D eigenvalue weighted by molar-refractivity contribution is 6.11. The maximum Gasteiger partial charge on any atom is 0.101 e. The number of nitrogens with zero attached hydrogens (tertiary/aromatic N) is 1. The van der Waals surface area contributed by atoms with Gasteiger partial charge in [0, 0.05) is 33.5 Å². The smallest absolute Gasteiger partial charge is 0.101 e. The van der Waals surface area contributed by atoms with Crippen LogP contribution < -0.4 is 16.4 Å². The van der Waals surface area contributed by atoms with Crippen LogP contribution in [0.5, 0.6) is 0 Å². The molecule has 1 atom stereocenters. The molecule has 7 rings (SSSR count). The third kappa shape index (κ3) is 5.35. The van der Waals surface area contributed by atoms with E-state index in [1.54, 1.807) is 0 Å². The van der Waals surface area contributed by atoms with Gasteiger partial charge in [-0.05, 0) is 77.2 Å². The van der Waals surface area contributed by atoms with E-state index in [2.05, 4.69) is 143 Å². The van der Waals surface area contributed by atoms with E-state index in [0.29, 0.717) is 0 Å². The Morgan fingerprint density at radius 2 is 1.39 bits per heavy atom. The van der Waals surface area contributed by atoms with E-state index in [9.17, 15) is 0 Å². The minimum absolute atomic E-state index is 0.386. The highest BCUT2D eigenvalue weighted by atomic mass is 15.0. The molecular weight excluding hydrogens is 536 g/mol. The Labute approximate surface area is 258 Å². The average molecular weight is 571 g/mol. The summed E-state index contributed by atoms with van der Waals surface area (Å²) < 4.78 is 2.33. The first-order valence-corrected chi connectivity index (χ1v) is 14.9. The lowest BCUT2D eigenvalue weighted by Crippen LogP contribution is -2.21. The van der Waals surface area contributed by atoms with Gasteiger partial charge in [-0.3, -0.25) is 0 Å². The number of aromatic nitrogens is 1. The molecule has 0 bridgehead atoms. The number of rotatable bonds is 9. The Hall–Kier alpha value is -5.58. The Morgan fingerprint density at radius 3 is 2.20 bits per heavy atom. The Bertz CT molecular complexity index is 2080. The number of nitrogens with two attached hydrogens (primary N) is 1. The summed E-state index contributed by atoms with van der Waals surface area (Å²) >= 11 is 0. The monoisotopic (exact) mass is 570 g/mol. The van der Waals surface area contributed by atoms with Gasteiger partial charge >= 0.3 is 0 Å². The third-order valence-electron chi connectivity index (χ3n) is 8.17. The van der Waals surface area contributed by atoms with Crippen molar-refractivity contribution in [1.29, 1.82) is 0 Å². The van der Waals surface area contributed by atoms with Crippen LogP contribution in [0.3, 0.4) is 0 Å². The van der Waals surface area contributed by atoms with Crippen molar-refractivity contribution in [2.75, 3.05) is 10.6 Å². The van der Waals surface area contributed by atoms with Gasteiger partial charge in [-0.1, -0.05) is 110 Å². The zero-order valence-corrected chi connectivity index (χ0v) is 24.4. The maximum absolute atomic E-state index is 6.84. The summed E-state index contributed by atoms with van der Waals surface area (Å²) in [6, 6.07) is 50.7. The number of hydrogen-bond donors (Lipinski definition) is 3. The summed E-state index contributed by atoms with van der Waals surface area (Å²) in [5.74, 6) is 0. The molecule has 0 aliphatic rings. The highest BCUT2D eigenvalue weighted by Gasteiger charge is 2.16. The van der Waals surface area contributed by atoms with Gasteiger partial charge in [-0.15, -0.1) is 0 Å². The van der Waals surface area contributed by atoms with Gasteiger partial charge in [0.2, 0.25) is 0 Å². The van der Waals surface area contributed by atoms with Crippen LogP contribution >= 0.6 is 0 Å². The SMILES string of the molecule is C=Cc1cc2c3ccccc3n(-c3cccc(C(N)Nc4ccccc4Cc4ccccc4)c3)c2cc1Nc1ccccc1. The van der Waals surface area contributed by atoms with Crippen LogP contribution in [-0.4, -0.2) is 4.57 Å². The normalized spacial score (nSPS) is 11.8. The second-order valence-electron chi connectivity index (χ2n) is 11.0. The molecule has 0 spiro atoms. The first kappa shape index (κ1) is 27.3. The van der Waals surface area contributed by atoms with Crippen molar-refractivity contribution in [1.82, 2.24) is 4.57 Å². The third-order valence-corrected chi connectivity index (χ3v) is 8.17. The van der Waals surface area contributed by atoms with Crippen molar-refractivity contribution in [3.63, 3.8) is 0 Å². The fraction of sp³-hybridized carbons (Fsp3) is 0.0500. The molecule has 1 aromatic heterocycles. The Kier molecular flexibility index (Phi) is 7.41. The second kappa shape index (κ2) is 12.0. The molecule has 1 unspecified atom stereocenters. The molecule has 214 valence electrons. The molecule has 4 heteroatoms. The van der Waals surface area contributed by atoms with Gasteiger partial charge in [0.1, 0.15) is 6.17 Å². The summed E-state index contributed by atoms with van der Waals surface area (Å²) in [5, 5.41) is 9.57. The van der Waals surface area contributed by atoms with Gasteiger partial charge in [0.25, 0.3) is 0 Å². The standard InChI is InChI=1S/C40H34N4/c1-2-29-26-35-34-21-10-12-23-38(34)44(39(35)27-37(29)42-32-18-7-4-8-19-32)33-20-13-17-31(25-33)40(41)43-36-22-11-9-16-30(36)24-28-14-5-3-6-15-28/h2-23,25-27,40,42-43H,1,24,41H2. The van der Waals surface area contributed by atoms with Gasteiger partial charge < -0.3 is 20.9 Å². The van der Waals surface area contributed by atoms with Gasteiger partial charge in [-0.2, -0.15) is 0 Å². The molecular formula is C40H34N4. The molecule has 0 aliphatic heterocycles. The van der Waals surface area contributed by atoms with E-state index in [4.69, 9.17) is 5.73 Å². The van der Waals surface area contributed by atoms with Crippen molar-refractivity contribution in [2.24, 2.45) is 5.73 Å². The molecule has 6 aromatic carbocycles. The van der Waals surface area contributed by atoms with E-state index in [-0.39, 0.29) is 6.17 Å². The first-order chi connectivity index (χ1) is 21.7. The lowest BCUT2D eigenvalue weighted by molar-refractivity contribution is 0.831. The number of hydrogen-bond acceptors (Lipinski definition) is 3. The predicted molar refractivity (Wildman–Crippen MR) is 187 cm³/mol. The number of benzene rings is 6. The first-order valence-electron chi connectivity index (χ1n) is 14.9. The van der Waals surface area contributed by atoms with Gasteiger partial charge in [-0.25, -0.2) is 0 Å². The van der Waals surface area contributed by atoms with Gasteiger partial charge in [0.15, 0.2) is 0 Å². The predicted octanol–water partition coefficient (Wildman–Crippen LogP) is 9.83. The minimum atomic E-state index is -0.386. The molecule has 7 aromatic rings. The molecule has 4 nitrogen and oxygen atoms in total. The van der Waals surface area contributed by atoms with Crippen molar-refractivity contribution in [2.45, 2.75) is 12.6 Å². The quantitative estimate of drug-likeness (QED) is 0.151. The van der Waals surface area contributed by atoms with Crippen molar-refractivity contribution in [3.8, 4) is 5.69 Å². The molecule has 0 radical (unpaired) electrons. The largest absolute Gasteiger partial charge is 0.366 e. The zero-order chi connectivity index (χ0) is 29.9. The van der Waals surface area contributed by atoms with E-state index in [0.717, 1.165) is 51.3 Å². The van der Waals surface area contributed by atoms with E-state index >= 15 is 0 Å². The number of anilines is 3. The summed E-state index contributed by atoms with van der Waals surface area (Å²) in [7, 11) is 0. The van der Waals surface area contributed by atoms with Crippen LogP contribution in [0.2, 0.25) is 0 Å². The van der Waals surface area contributed by atoms with E-state index < -0.39 is 0 Å². The van der Waals surface area contributed by atoms with Crippen LogP contribution in [0.4, 0.5) is 17.1 Å². The van der Waals surface area contributed by atoms with Crippen molar-refractivity contribution < 1.29 is 0 Å². The summed E-state index contributed by atoms with van der Waals surface area (Å²) in [4.78, 5) is 0. The number of nitrogens with one attached hydrogen (secondary N) is 2. The topological polar surface area (TPSA) is 55.0 Å². The molecule has 0 saturated carbocycles.